The molecule has 1 aromatic carbocycles. The van der Waals surface area contributed by atoms with Crippen molar-refractivity contribution in [1.82, 2.24) is 9.78 Å². The number of nitrogens with zero attached hydrogens (tertiary/aromatic N) is 2. The van der Waals surface area contributed by atoms with Crippen LogP contribution in [0.15, 0.2) is 36.7 Å². The minimum Gasteiger partial charge on any atom is -0.378 e. The number of hydrogen-bond acceptors (Lipinski definition) is 2. The highest BCUT2D eigenvalue weighted by Crippen LogP contribution is 2.40. The molecule has 17 heavy (non-hydrogen) atoms. The lowest BCUT2D eigenvalue weighted by Crippen LogP contribution is -1.98. The summed E-state index contributed by atoms with van der Waals surface area (Å²) in [5, 5.41) is 7.52. The zero-order chi connectivity index (χ0) is 11.7. The van der Waals surface area contributed by atoms with Gasteiger partial charge in [0.05, 0.1) is 11.9 Å². The van der Waals surface area contributed by atoms with Crippen molar-refractivity contribution < 1.29 is 0 Å². The predicted octanol–water partition coefficient (Wildman–Crippen LogP) is 2.91. The van der Waals surface area contributed by atoms with E-state index in [1.165, 1.54) is 24.0 Å². The number of hydrogen-bond donors (Lipinski definition) is 1. The van der Waals surface area contributed by atoms with Gasteiger partial charge >= 0.3 is 0 Å². The molecule has 1 aliphatic rings. The summed E-state index contributed by atoms with van der Waals surface area (Å²) in [7, 11) is 1.93. The maximum Gasteiger partial charge on any atom is 0.0729 e. The SMILES string of the molecule is Cn1cc(NCc2cccc(C3CC3)c2)cn1. The van der Waals surface area contributed by atoms with Crippen LogP contribution in [-0.2, 0) is 13.6 Å². The van der Waals surface area contributed by atoms with Gasteiger partial charge in [0.25, 0.3) is 0 Å². The van der Waals surface area contributed by atoms with Gasteiger partial charge in [-0.2, -0.15) is 5.10 Å². The second-order valence-corrected chi connectivity index (χ2v) is 4.78. The fourth-order valence-electron chi connectivity index (χ4n) is 2.09. The van der Waals surface area contributed by atoms with Crippen molar-refractivity contribution >= 4 is 5.69 Å². The van der Waals surface area contributed by atoms with E-state index < -0.39 is 0 Å². The Kier molecular flexibility index (Phi) is 2.59. The van der Waals surface area contributed by atoms with Crippen LogP contribution in [0.5, 0.6) is 0 Å². The highest BCUT2D eigenvalue weighted by atomic mass is 15.3. The molecule has 3 rings (SSSR count). The fraction of sp³-hybridized carbons (Fsp3) is 0.357. The van der Waals surface area contributed by atoms with Gasteiger partial charge < -0.3 is 5.32 Å². The van der Waals surface area contributed by atoms with E-state index in [1.54, 1.807) is 0 Å². The molecule has 0 amide bonds. The molecule has 3 heteroatoms. The van der Waals surface area contributed by atoms with Gasteiger partial charge in [0.1, 0.15) is 0 Å². The number of anilines is 1. The van der Waals surface area contributed by atoms with Crippen molar-refractivity contribution in [3.63, 3.8) is 0 Å². The van der Waals surface area contributed by atoms with E-state index in [9.17, 15) is 0 Å². The lowest BCUT2D eigenvalue weighted by atomic mass is 10.1. The molecule has 0 atom stereocenters. The average Bonchev–Trinajstić information content (AvgIpc) is 3.11. The molecule has 3 nitrogen and oxygen atoms in total. The van der Waals surface area contributed by atoms with Gasteiger partial charge in [-0.25, -0.2) is 0 Å². The van der Waals surface area contributed by atoms with Crippen molar-refractivity contribution in [2.24, 2.45) is 7.05 Å². The van der Waals surface area contributed by atoms with E-state index in [1.807, 2.05) is 24.1 Å². The van der Waals surface area contributed by atoms with Crippen LogP contribution in [0.1, 0.15) is 29.9 Å². The lowest BCUT2D eigenvalue weighted by molar-refractivity contribution is 0.768. The molecule has 1 N–H and O–H groups in total. The minimum atomic E-state index is 0.827. The number of nitrogens with one attached hydrogen (secondary N) is 1. The lowest BCUT2D eigenvalue weighted by Gasteiger charge is -2.05. The molecule has 0 aliphatic heterocycles. The molecule has 1 heterocycles. The Labute approximate surface area is 101 Å². The van der Waals surface area contributed by atoms with Crippen LogP contribution < -0.4 is 5.32 Å². The standard InChI is InChI=1S/C14H17N3/c1-17-10-14(9-16-17)15-8-11-3-2-4-13(7-11)12-5-6-12/h2-4,7,9-10,12,15H,5-6,8H2,1H3. The molecule has 1 aromatic heterocycles. The molecule has 2 aromatic rings. The van der Waals surface area contributed by atoms with Crippen molar-refractivity contribution in [3.8, 4) is 0 Å². The van der Waals surface area contributed by atoms with Gasteiger partial charge in [-0.3, -0.25) is 4.68 Å². The Balaban J connectivity index is 1.66. The highest BCUT2D eigenvalue weighted by Gasteiger charge is 2.23. The third-order valence-corrected chi connectivity index (χ3v) is 3.20. The molecule has 0 bridgehead atoms. The van der Waals surface area contributed by atoms with Gasteiger partial charge in [0, 0.05) is 19.8 Å². The molecule has 88 valence electrons. The van der Waals surface area contributed by atoms with Crippen molar-refractivity contribution in [1.29, 1.82) is 0 Å². The maximum absolute atomic E-state index is 4.14. The third kappa shape index (κ3) is 2.49. The number of benzene rings is 1. The molecule has 1 aliphatic carbocycles. The Morgan fingerprint density at radius 1 is 1.41 bits per heavy atom. The molecule has 0 saturated heterocycles. The Morgan fingerprint density at radius 2 is 2.29 bits per heavy atom. The molecular formula is C14H17N3. The number of aromatic nitrogens is 2. The van der Waals surface area contributed by atoms with Crippen LogP contribution in [0.25, 0.3) is 0 Å². The topological polar surface area (TPSA) is 29.9 Å². The summed E-state index contributed by atoms with van der Waals surface area (Å²) < 4.78 is 1.81. The van der Waals surface area contributed by atoms with Gasteiger partial charge in [-0.15, -0.1) is 0 Å². The van der Waals surface area contributed by atoms with Crippen molar-refractivity contribution in [3.05, 3.63) is 47.8 Å². The normalized spacial score (nSPS) is 14.9. The van der Waals surface area contributed by atoms with Crippen molar-refractivity contribution in [2.45, 2.75) is 25.3 Å². The first kappa shape index (κ1) is 10.4. The quantitative estimate of drug-likeness (QED) is 0.870. The summed E-state index contributed by atoms with van der Waals surface area (Å²) in [6.07, 6.45) is 6.56. The smallest absolute Gasteiger partial charge is 0.0729 e. The molecule has 0 unspecified atom stereocenters. The summed E-state index contributed by atoms with van der Waals surface area (Å²) >= 11 is 0. The predicted molar refractivity (Wildman–Crippen MR) is 69.0 cm³/mol. The summed E-state index contributed by atoms with van der Waals surface area (Å²) in [5.74, 6) is 0.827. The molecular weight excluding hydrogens is 210 g/mol. The van der Waals surface area contributed by atoms with E-state index in [2.05, 4.69) is 34.7 Å². The zero-order valence-corrected chi connectivity index (χ0v) is 10.1. The largest absolute Gasteiger partial charge is 0.378 e. The second-order valence-electron chi connectivity index (χ2n) is 4.78. The summed E-state index contributed by atoms with van der Waals surface area (Å²) in [4.78, 5) is 0. The zero-order valence-electron chi connectivity index (χ0n) is 10.1. The Hall–Kier alpha value is -1.77. The van der Waals surface area contributed by atoms with E-state index >= 15 is 0 Å². The van der Waals surface area contributed by atoms with Crippen LogP contribution in [0.2, 0.25) is 0 Å². The first-order valence-corrected chi connectivity index (χ1v) is 6.12. The first-order valence-electron chi connectivity index (χ1n) is 6.12. The summed E-state index contributed by atoms with van der Waals surface area (Å²) in [6.45, 7) is 0.867. The summed E-state index contributed by atoms with van der Waals surface area (Å²) in [5.41, 5.74) is 3.91. The van der Waals surface area contributed by atoms with Gasteiger partial charge in [-0.05, 0) is 29.9 Å². The van der Waals surface area contributed by atoms with Crippen molar-refractivity contribution in [2.75, 3.05) is 5.32 Å². The highest BCUT2D eigenvalue weighted by molar-refractivity contribution is 5.40. The van der Waals surface area contributed by atoms with Crippen LogP contribution >= 0.6 is 0 Å². The Bertz CT molecular complexity index is 512. The van der Waals surface area contributed by atoms with Gasteiger partial charge in [-0.1, -0.05) is 24.3 Å². The summed E-state index contributed by atoms with van der Waals surface area (Å²) in [6, 6.07) is 8.90. The molecule has 1 fully saturated rings. The van der Waals surface area contributed by atoms with Crippen LogP contribution in [0.4, 0.5) is 5.69 Å². The number of aryl methyl sites for hydroxylation is 1. The second kappa shape index (κ2) is 4.24. The van der Waals surface area contributed by atoms with E-state index in [4.69, 9.17) is 0 Å². The van der Waals surface area contributed by atoms with Crippen LogP contribution in [-0.4, -0.2) is 9.78 Å². The average molecular weight is 227 g/mol. The maximum atomic E-state index is 4.14. The molecule has 0 spiro atoms. The number of rotatable bonds is 4. The van der Waals surface area contributed by atoms with E-state index in [0.717, 1.165) is 18.2 Å². The van der Waals surface area contributed by atoms with E-state index in [-0.39, 0.29) is 0 Å². The monoisotopic (exact) mass is 227 g/mol. The Morgan fingerprint density at radius 3 is 3.00 bits per heavy atom. The molecule has 1 saturated carbocycles. The van der Waals surface area contributed by atoms with Gasteiger partial charge in [0.15, 0.2) is 0 Å². The molecule has 0 radical (unpaired) electrons. The van der Waals surface area contributed by atoms with E-state index in [0.29, 0.717) is 0 Å². The minimum absolute atomic E-state index is 0.827. The van der Waals surface area contributed by atoms with Crippen LogP contribution in [0, 0.1) is 0 Å². The third-order valence-electron chi connectivity index (χ3n) is 3.20. The first-order chi connectivity index (χ1) is 8.31. The fourth-order valence-corrected chi connectivity index (χ4v) is 2.09. The van der Waals surface area contributed by atoms with Crippen LogP contribution in [0.3, 0.4) is 0 Å². The van der Waals surface area contributed by atoms with Gasteiger partial charge in [0.2, 0.25) is 0 Å².